The Hall–Kier alpha value is -1.29. The fourth-order valence-corrected chi connectivity index (χ4v) is 4.86. The zero-order valence-corrected chi connectivity index (χ0v) is 17.8. The third-order valence-electron chi connectivity index (χ3n) is 5.03. The molecule has 0 spiro atoms. The predicted molar refractivity (Wildman–Crippen MR) is 109 cm³/mol. The molecule has 1 saturated carbocycles. The van der Waals surface area contributed by atoms with Gasteiger partial charge in [0.1, 0.15) is 12.3 Å². The second-order valence-corrected chi connectivity index (χ2v) is 9.27. The first-order valence-corrected chi connectivity index (χ1v) is 10.8. The molecule has 4 atom stereocenters. The Kier molecular flexibility index (Phi) is 6.58. The van der Waals surface area contributed by atoms with Gasteiger partial charge in [-0.1, -0.05) is 30.3 Å². The van der Waals surface area contributed by atoms with Crippen LogP contribution in [0.5, 0.6) is 0 Å². The van der Waals surface area contributed by atoms with Crippen molar-refractivity contribution >= 4 is 40.8 Å². The highest BCUT2D eigenvalue weighted by Crippen LogP contribution is 2.46. The maximum absolute atomic E-state index is 10.9. The van der Waals surface area contributed by atoms with Crippen molar-refractivity contribution < 1.29 is 19.4 Å². The van der Waals surface area contributed by atoms with Crippen molar-refractivity contribution in [2.75, 3.05) is 23.4 Å². The number of halogens is 1. The van der Waals surface area contributed by atoms with E-state index in [1.165, 1.54) is 11.8 Å². The molecule has 1 aromatic heterocycles. The number of nitrogens with zero attached hydrogens (tertiary/aromatic N) is 2. The van der Waals surface area contributed by atoms with Crippen LogP contribution in [0.1, 0.15) is 40.0 Å². The number of carboxylic acids is 1. The van der Waals surface area contributed by atoms with E-state index < -0.39 is 5.97 Å². The van der Waals surface area contributed by atoms with Gasteiger partial charge in [-0.15, -0.1) is 0 Å². The lowest BCUT2D eigenvalue weighted by atomic mass is 9.92. The summed E-state index contributed by atoms with van der Waals surface area (Å²) in [6.07, 6.45) is 1.97. The molecule has 10 heteroatoms. The van der Waals surface area contributed by atoms with E-state index in [1.54, 1.807) is 0 Å². The zero-order chi connectivity index (χ0) is 20.5. The number of aromatic nitrogens is 2. The molecule has 2 heterocycles. The van der Waals surface area contributed by atoms with Crippen molar-refractivity contribution in [3.63, 3.8) is 0 Å². The fourth-order valence-electron chi connectivity index (χ4n) is 3.94. The Morgan fingerprint density at radius 1 is 1.50 bits per heavy atom. The molecule has 3 rings (SSSR count). The summed E-state index contributed by atoms with van der Waals surface area (Å²) < 4.78 is 11.8. The number of hydrogen-bond acceptors (Lipinski definition) is 8. The van der Waals surface area contributed by atoms with Crippen LogP contribution in [-0.4, -0.2) is 57.3 Å². The van der Waals surface area contributed by atoms with Crippen molar-refractivity contribution in [2.45, 2.75) is 69.0 Å². The molecular weight excluding hydrogens is 404 g/mol. The van der Waals surface area contributed by atoms with Crippen LogP contribution in [0.15, 0.2) is 5.16 Å². The Bertz CT molecular complexity index is 736. The van der Waals surface area contributed by atoms with Crippen LogP contribution < -0.4 is 11.1 Å². The predicted octanol–water partition coefficient (Wildman–Crippen LogP) is 3.05. The molecule has 1 aliphatic heterocycles. The van der Waals surface area contributed by atoms with Crippen LogP contribution in [0.2, 0.25) is 5.15 Å². The minimum Gasteiger partial charge on any atom is -0.480 e. The van der Waals surface area contributed by atoms with Crippen LogP contribution in [0.4, 0.5) is 11.5 Å². The summed E-state index contributed by atoms with van der Waals surface area (Å²) in [6, 6.07) is -0.0112. The van der Waals surface area contributed by atoms with Crippen LogP contribution >= 0.6 is 23.4 Å². The molecule has 0 bridgehead atoms. The van der Waals surface area contributed by atoms with E-state index >= 15 is 0 Å². The van der Waals surface area contributed by atoms with Crippen LogP contribution in [0.3, 0.4) is 0 Å². The van der Waals surface area contributed by atoms with E-state index in [9.17, 15) is 4.79 Å². The van der Waals surface area contributed by atoms with Crippen molar-refractivity contribution in [3.05, 3.63) is 5.15 Å². The number of hydrogen-bond donors (Lipinski definition) is 3. The van der Waals surface area contributed by atoms with E-state index in [0.29, 0.717) is 23.1 Å². The molecule has 0 aromatic carbocycles. The monoisotopic (exact) mass is 430 g/mol. The Morgan fingerprint density at radius 2 is 2.25 bits per heavy atom. The molecule has 28 heavy (non-hydrogen) atoms. The topological polar surface area (TPSA) is 120 Å². The number of anilines is 2. The normalized spacial score (nSPS) is 28.3. The summed E-state index contributed by atoms with van der Waals surface area (Å²) in [7, 11) is 0. The first-order chi connectivity index (χ1) is 13.2. The van der Waals surface area contributed by atoms with Gasteiger partial charge in [-0.2, -0.15) is 0 Å². The van der Waals surface area contributed by atoms with Crippen LogP contribution in [0.25, 0.3) is 0 Å². The number of nitrogens with one attached hydrogen (secondary N) is 1. The van der Waals surface area contributed by atoms with Crippen LogP contribution in [-0.2, 0) is 14.3 Å². The summed E-state index contributed by atoms with van der Waals surface area (Å²) in [5.74, 6) is 0.565. The highest BCUT2D eigenvalue weighted by atomic mass is 35.5. The lowest BCUT2D eigenvalue weighted by molar-refractivity contribution is -0.148. The zero-order valence-electron chi connectivity index (χ0n) is 16.3. The first-order valence-electron chi connectivity index (χ1n) is 9.43. The lowest BCUT2D eigenvalue weighted by Gasteiger charge is -2.24. The standard InChI is InChI=1S/C18H27ClN4O4S/c1-4-5-28-17-22-15(19)13(20)16(23-17)21-10-6-11(26-8-12(24)25)14-9(10)7-18(2,3)27-14/h9-11,14H,4-8,20H2,1-3H3,(H,24,25)(H,21,22,23)/t9-,10+,11-,14-/m0/s1. The number of nitrogen functional groups attached to an aromatic ring is 1. The van der Waals surface area contributed by atoms with Crippen molar-refractivity contribution in [1.29, 1.82) is 0 Å². The van der Waals surface area contributed by atoms with Gasteiger partial charge in [0.2, 0.25) is 0 Å². The first kappa shape index (κ1) is 21.4. The number of thioether (sulfide) groups is 1. The number of carbonyl (C=O) groups is 1. The number of nitrogens with two attached hydrogens (primary N) is 1. The second-order valence-electron chi connectivity index (χ2n) is 7.85. The SMILES string of the molecule is CCCSc1nc(Cl)c(N)c(N[C@@H]2C[C@H](OCC(=O)O)[C@H]3OC(C)(C)C[C@H]32)n1. The number of ether oxygens (including phenoxy) is 2. The maximum Gasteiger partial charge on any atom is 0.329 e. The van der Waals surface area contributed by atoms with Crippen molar-refractivity contribution in [2.24, 2.45) is 5.92 Å². The third-order valence-corrected chi connectivity index (χ3v) is 6.37. The Balaban J connectivity index is 1.79. The molecule has 156 valence electrons. The van der Waals surface area contributed by atoms with Gasteiger partial charge in [0, 0.05) is 17.7 Å². The molecule has 2 fully saturated rings. The summed E-state index contributed by atoms with van der Waals surface area (Å²) in [5, 5.41) is 13.2. The van der Waals surface area contributed by atoms with E-state index in [4.69, 9.17) is 31.9 Å². The second kappa shape index (κ2) is 8.61. The smallest absolute Gasteiger partial charge is 0.329 e. The number of fused-ring (bicyclic) bond motifs is 1. The third kappa shape index (κ3) is 4.82. The highest BCUT2D eigenvalue weighted by Gasteiger charge is 2.53. The lowest BCUT2D eigenvalue weighted by Crippen LogP contribution is -2.31. The van der Waals surface area contributed by atoms with Gasteiger partial charge in [-0.3, -0.25) is 0 Å². The van der Waals surface area contributed by atoms with Crippen LogP contribution in [0, 0.1) is 5.92 Å². The molecule has 0 amide bonds. The highest BCUT2D eigenvalue weighted by molar-refractivity contribution is 7.99. The molecule has 1 saturated heterocycles. The Morgan fingerprint density at radius 3 is 2.93 bits per heavy atom. The molecule has 1 aliphatic carbocycles. The van der Waals surface area contributed by atoms with E-state index in [1.807, 2.05) is 13.8 Å². The van der Waals surface area contributed by atoms with Crippen molar-refractivity contribution in [3.8, 4) is 0 Å². The maximum atomic E-state index is 10.9. The summed E-state index contributed by atoms with van der Waals surface area (Å²) in [4.78, 5) is 19.7. The summed E-state index contributed by atoms with van der Waals surface area (Å²) in [5.41, 5.74) is 6.13. The van der Waals surface area contributed by atoms with Gasteiger partial charge in [0.25, 0.3) is 0 Å². The summed E-state index contributed by atoms with van der Waals surface area (Å²) >= 11 is 7.74. The average Bonchev–Trinajstić information content (AvgIpc) is 3.09. The van der Waals surface area contributed by atoms with E-state index in [0.717, 1.165) is 18.6 Å². The van der Waals surface area contributed by atoms with Gasteiger partial charge in [0.15, 0.2) is 16.1 Å². The minimum absolute atomic E-state index is 0.0112. The molecule has 0 unspecified atom stereocenters. The Labute approximate surface area is 173 Å². The van der Waals surface area contributed by atoms with Gasteiger partial charge in [0.05, 0.1) is 17.8 Å². The number of aliphatic carboxylic acids is 1. The number of rotatable bonds is 8. The van der Waals surface area contributed by atoms with Gasteiger partial charge in [-0.25, -0.2) is 14.8 Å². The fraction of sp³-hybridized carbons (Fsp3) is 0.722. The van der Waals surface area contributed by atoms with Gasteiger partial charge in [-0.05, 0) is 33.1 Å². The molecular formula is C18H27ClN4O4S. The van der Waals surface area contributed by atoms with E-state index in [2.05, 4.69) is 22.2 Å². The van der Waals surface area contributed by atoms with Gasteiger partial charge >= 0.3 is 5.97 Å². The number of carboxylic acid groups (broad SMARTS) is 1. The van der Waals surface area contributed by atoms with Gasteiger partial charge < -0.3 is 25.6 Å². The van der Waals surface area contributed by atoms with E-state index in [-0.39, 0.29) is 41.5 Å². The average molecular weight is 431 g/mol. The largest absolute Gasteiger partial charge is 0.480 e. The quantitative estimate of drug-likeness (QED) is 0.324. The molecule has 4 N–H and O–H groups in total. The van der Waals surface area contributed by atoms with Crippen molar-refractivity contribution in [1.82, 2.24) is 9.97 Å². The summed E-state index contributed by atoms with van der Waals surface area (Å²) in [6.45, 7) is 5.81. The molecule has 1 aromatic rings. The molecule has 2 aliphatic rings. The molecule has 8 nitrogen and oxygen atoms in total. The molecule has 0 radical (unpaired) electrons. The minimum atomic E-state index is -0.991.